The zero-order valence-electron chi connectivity index (χ0n) is 10.4. The van der Waals surface area contributed by atoms with E-state index in [1.54, 1.807) is 0 Å². The monoisotopic (exact) mass is 223 g/mol. The van der Waals surface area contributed by atoms with Gasteiger partial charge in [-0.15, -0.1) is 10.2 Å². The van der Waals surface area contributed by atoms with E-state index in [9.17, 15) is 0 Å². The van der Waals surface area contributed by atoms with E-state index < -0.39 is 0 Å². The van der Waals surface area contributed by atoms with Crippen LogP contribution in [0.2, 0.25) is 0 Å². The molecule has 1 aliphatic carbocycles. The first kappa shape index (κ1) is 11.5. The van der Waals surface area contributed by atoms with E-state index in [-0.39, 0.29) is 0 Å². The molecule has 2 fully saturated rings. The third-order valence-electron chi connectivity index (χ3n) is 3.44. The number of aromatic amines is 1. The molecule has 0 amide bonds. The Bertz CT molecular complexity index is 307. The predicted molar refractivity (Wildman–Crippen MR) is 61.6 cm³/mol. The van der Waals surface area contributed by atoms with Crippen LogP contribution in [0.1, 0.15) is 39.4 Å². The van der Waals surface area contributed by atoms with Gasteiger partial charge in [0.15, 0.2) is 5.82 Å². The van der Waals surface area contributed by atoms with Crippen molar-refractivity contribution < 1.29 is 0 Å². The molecule has 3 rings (SSSR count). The lowest BCUT2D eigenvalue weighted by molar-refractivity contribution is -0.0941. The third-order valence-corrected chi connectivity index (χ3v) is 3.44. The van der Waals surface area contributed by atoms with Gasteiger partial charge in [0.25, 0.3) is 0 Å². The van der Waals surface area contributed by atoms with E-state index in [1.807, 2.05) is 13.8 Å². The summed E-state index contributed by atoms with van der Waals surface area (Å²) in [6.07, 6.45) is 2.82. The van der Waals surface area contributed by atoms with Gasteiger partial charge in [-0.1, -0.05) is 26.0 Å². The zero-order chi connectivity index (χ0) is 11.6. The smallest absolute Gasteiger partial charge is 0.188 e. The maximum absolute atomic E-state index is 3.96. The summed E-state index contributed by atoms with van der Waals surface area (Å²) in [7, 11) is 0. The van der Waals surface area contributed by atoms with Crippen LogP contribution in [0.4, 0.5) is 0 Å². The molecule has 1 aromatic heterocycles. The maximum atomic E-state index is 3.96. The Morgan fingerprint density at radius 3 is 2.56 bits per heavy atom. The number of hydrogen-bond acceptors (Lipinski definition) is 4. The van der Waals surface area contributed by atoms with E-state index >= 15 is 0 Å². The summed E-state index contributed by atoms with van der Waals surface area (Å²) in [5.41, 5.74) is 0.670. The van der Waals surface area contributed by atoms with Gasteiger partial charge in [0, 0.05) is 13.1 Å². The first-order valence-corrected chi connectivity index (χ1v) is 6.20. The Hall–Kier alpha value is -0.970. The van der Waals surface area contributed by atoms with Gasteiger partial charge >= 0.3 is 0 Å². The maximum Gasteiger partial charge on any atom is 0.188 e. The van der Waals surface area contributed by atoms with Crippen LogP contribution < -0.4 is 0 Å². The summed E-state index contributed by atoms with van der Waals surface area (Å²) in [5, 5.41) is 13.9. The molecule has 0 unspecified atom stereocenters. The van der Waals surface area contributed by atoms with Gasteiger partial charge in [-0.3, -0.25) is 4.90 Å². The molecular formula is C11H21N5. The van der Waals surface area contributed by atoms with E-state index in [2.05, 4.69) is 32.4 Å². The van der Waals surface area contributed by atoms with E-state index in [0.29, 0.717) is 5.41 Å². The van der Waals surface area contributed by atoms with Crippen LogP contribution >= 0.6 is 0 Å². The fourth-order valence-corrected chi connectivity index (χ4v) is 3.14. The molecule has 1 saturated heterocycles. The number of tetrazole rings is 1. The van der Waals surface area contributed by atoms with Crippen LogP contribution in [0.25, 0.3) is 0 Å². The molecule has 1 aromatic rings. The fourth-order valence-electron chi connectivity index (χ4n) is 3.14. The summed E-state index contributed by atoms with van der Waals surface area (Å²) in [5.74, 6) is 1.76. The molecule has 5 nitrogen and oxygen atoms in total. The summed E-state index contributed by atoms with van der Waals surface area (Å²) in [6.45, 7) is 9.65. The number of rotatable bonds is 2. The number of likely N-dealkylation sites (tertiary alicyclic amines) is 1. The molecule has 1 aliphatic heterocycles. The van der Waals surface area contributed by atoms with Crippen molar-refractivity contribution in [1.82, 2.24) is 25.5 Å². The molecule has 0 aromatic carbocycles. The van der Waals surface area contributed by atoms with Crippen molar-refractivity contribution in [1.29, 1.82) is 0 Å². The van der Waals surface area contributed by atoms with Gasteiger partial charge in [-0.05, 0) is 24.2 Å². The Morgan fingerprint density at radius 2 is 2.06 bits per heavy atom. The van der Waals surface area contributed by atoms with Gasteiger partial charge in [-0.2, -0.15) is 5.21 Å². The van der Waals surface area contributed by atoms with Gasteiger partial charge in [0.1, 0.15) is 0 Å². The van der Waals surface area contributed by atoms with Gasteiger partial charge in [0.05, 0.1) is 6.54 Å². The predicted octanol–water partition coefficient (Wildman–Crippen LogP) is 1.46. The average molecular weight is 223 g/mol. The van der Waals surface area contributed by atoms with Gasteiger partial charge < -0.3 is 0 Å². The second-order valence-electron chi connectivity index (χ2n) is 4.99. The molecule has 2 heterocycles. The highest BCUT2D eigenvalue weighted by molar-refractivity contribution is 5.03. The van der Waals surface area contributed by atoms with E-state index in [4.69, 9.17) is 0 Å². The minimum absolute atomic E-state index is 0.670. The second kappa shape index (κ2) is 4.49. The summed E-state index contributed by atoms with van der Waals surface area (Å²) >= 11 is 0. The molecule has 2 aliphatic rings. The topological polar surface area (TPSA) is 57.7 Å². The number of nitrogens with one attached hydrogen (secondary N) is 1. The molecule has 90 valence electrons. The molecule has 1 N–H and O–H groups in total. The van der Waals surface area contributed by atoms with Crippen molar-refractivity contribution in [3.05, 3.63) is 5.82 Å². The molecule has 16 heavy (non-hydrogen) atoms. The Morgan fingerprint density at radius 1 is 1.38 bits per heavy atom. The van der Waals surface area contributed by atoms with Crippen LogP contribution in [-0.4, -0.2) is 38.6 Å². The Balaban J connectivity index is 0.000000457. The summed E-state index contributed by atoms with van der Waals surface area (Å²) in [4.78, 5) is 2.40. The summed E-state index contributed by atoms with van der Waals surface area (Å²) in [6, 6.07) is 0. The molecule has 1 spiro atoms. The lowest BCUT2D eigenvalue weighted by Gasteiger charge is -2.58. The van der Waals surface area contributed by atoms with Crippen LogP contribution in [-0.2, 0) is 6.54 Å². The quantitative estimate of drug-likeness (QED) is 0.824. The molecule has 0 bridgehead atoms. The van der Waals surface area contributed by atoms with Crippen LogP contribution in [0.3, 0.4) is 0 Å². The third kappa shape index (κ3) is 2.09. The minimum Gasteiger partial charge on any atom is -0.295 e. The van der Waals surface area contributed by atoms with Crippen molar-refractivity contribution in [2.45, 2.75) is 40.2 Å². The standard InChI is InChI=1S/C9H15N5.C2H6/c1-7-2-9(3-7)5-14(6-9)4-8-10-12-13-11-8;1-2/h7H,2-6H2,1H3,(H,10,11,12,13);1-2H3. The van der Waals surface area contributed by atoms with Crippen molar-refractivity contribution in [2.24, 2.45) is 11.3 Å². The van der Waals surface area contributed by atoms with Gasteiger partial charge in [0.2, 0.25) is 0 Å². The summed E-state index contributed by atoms with van der Waals surface area (Å²) < 4.78 is 0. The first-order chi connectivity index (χ1) is 7.76. The van der Waals surface area contributed by atoms with Crippen LogP contribution in [0, 0.1) is 11.3 Å². The normalized spacial score (nSPS) is 23.2. The van der Waals surface area contributed by atoms with E-state index in [0.717, 1.165) is 18.3 Å². The Kier molecular flexibility index (Phi) is 3.23. The number of nitrogens with zero attached hydrogens (tertiary/aromatic N) is 4. The Labute approximate surface area is 96.6 Å². The lowest BCUT2D eigenvalue weighted by Crippen LogP contribution is -2.61. The van der Waals surface area contributed by atoms with Gasteiger partial charge in [-0.25, -0.2) is 0 Å². The lowest BCUT2D eigenvalue weighted by atomic mass is 9.58. The zero-order valence-corrected chi connectivity index (χ0v) is 10.4. The molecule has 5 heteroatoms. The van der Waals surface area contributed by atoms with Crippen LogP contribution in [0.5, 0.6) is 0 Å². The molecule has 1 saturated carbocycles. The van der Waals surface area contributed by atoms with Crippen LogP contribution in [0.15, 0.2) is 0 Å². The highest BCUT2D eigenvalue weighted by Gasteiger charge is 2.50. The number of aromatic nitrogens is 4. The average Bonchev–Trinajstić information content (AvgIpc) is 2.68. The van der Waals surface area contributed by atoms with Crippen molar-refractivity contribution in [3.63, 3.8) is 0 Å². The SMILES string of the molecule is CC.CC1CC2(C1)CN(Cc1nn[nH]n1)C2. The highest BCUT2D eigenvalue weighted by Crippen LogP contribution is 2.51. The number of hydrogen-bond donors (Lipinski definition) is 1. The van der Waals surface area contributed by atoms with Crippen molar-refractivity contribution >= 4 is 0 Å². The van der Waals surface area contributed by atoms with Crippen molar-refractivity contribution in [2.75, 3.05) is 13.1 Å². The molecule has 0 radical (unpaired) electrons. The molecular weight excluding hydrogens is 202 g/mol. The highest BCUT2D eigenvalue weighted by atomic mass is 15.5. The van der Waals surface area contributed by atoms with E-state index in [1.165, 1.54) is 25.9 Å². The second-order valence-corrected chi connectivity index (χ2v) is 4.99. The van der Waals surface area contributed by atoms with Crippen molar-refractivity contribution in [3.8, 4) is 0 Å². The number of H-pyrrole nitrogens is 1. The molecule has 0 atom stereocenters. The first-order valence-electron chi connectivity index (χ1n) is 6.20. The largest absolute Gasteiger partial charge is 0.295 e. The fraction of sp³-hybridized carbons (Fsp3) is 0.909. The minimum atomic E-state index is 0.670.